The molecule has 0 heterocycles. The molecule has 0 rings (SSSR count). The summed E-state index contributed by atoms with van der Waals surface area (Å²) in [5.41, 5.74) is 1.49. The Morgan fingerprint density at radius 1 is 1.25 bits per heavy atom. The van der Waals surface area contributed by atoms with Crippen LogP contribution in [-0.2, 0) is 14.8 Å². The maximum Gasteiger partial charge on any atom is 0.240 e. The molecule has 0 unspecified atom stereocenters. The average molecular weight is 194 g/mol. The molecule has 0 aromatic heterocycles. The zero-order valence-electron chi connectivity index (χ0n) is 7.63. The van der Waals surface area contributed by atoms with Gasteiger partial charge in [-0.25, -0.2) is 8.42 Å². The molecular weight excluding hydrogens is 180 g/mol. The summed E-state index contributed by atoms with van der Waals surface area (Å²) in [6.07, 6.45) is 0.968. The number of carbonyl (C=O) groups is 1. The Morgan fingerprint density at radius 2 is 1.67 bits per heavy atom. The first-order valence-electron chi connectivity index (χ1n) is 3.40. The van der Waals surface area contributed by atoms with Gasteiger partial charge in [-0.05, 0) is 0 Å². The summed E-state index contributed by atoms with van der Waals surface area (Å²) in [7, 11) is -3.36. The highest BCUT2D eigenvalue weighted by molar-refractivity contribution is 7.88. The van der Waals surface area contributed by atoms with Gasteiger partial charge in [0.05, 0.1) is 6.26 Å². The monoisotopic (exact) mass is 194 g/mol. The minimum Gasteiger partial charge on any atom is -0.277 e. The smallest absolute Gasteiger partial charge is 0.240 e. The van der Waals surface area contributed by atoms with E-state index >= 15 is 0 Å². The number of hydrogen-bond acceptors (Lipinski definition) is 3. The summed E-state index contributed by atoms with van der Waals surface area (Å²) in [6.45, 7) is 5.06. The second kappa shape index (κ2) is 3.40. The summed E-state index contributed by atoms with van der Waals surface area (Å²) >= 11 is 0. The molecule has 72 valence electrons. The summed E-state index contributed by atoms with van der Waals surface area (Å²) < 4.78 is 21.1. The largest absolute Gasteiger partial charge is 0.277 e. The summed E-state index contributed by atoms with van der Waals surface area (Å²) in [5, 5.41) is 0. The van der Waals surface area contributed by atoms with E-state index in [-0.39, 0.29) is 5.91 Å². The van der Waals surface area contributed by atoms with E-state index < -0.39 is 15.4 Å². The van der Waals surface area contributed by atoms with Crippen LogP contribution in [0, 0.1) is 5.41 Å². The fourth-order valence-electron chi connectivity index (χ4n) is 0.327. The molecule has 0 spiro atoms. The lowest BCUT2D eigenvalue weighted by Crippen LogP contribution is -2.46. The van der Waals surface area contributed by atoms with Gasteiger partial charge in [0, 0.05) is 5.41 Å². The minimum absolute atomic E-state index is 0.368. The van der Waals surface area contributed by atoms with Crippen LogP contribution in [-0.4, -0.2) is 20.6 Å². The van der Waals surface area contributed by atoms with Crippen LogP contribution < -0.4 is 10.3 Å². The highest BCUT2D eigenvalue weighted by Crippen LogP contribution is 2.11. The van der Waals surface area contributed by atoms with E-state index in [2.05, 4.69) is 5.43 Å². The third kappa shape index (κ3) is 5.09. The van der Waals surface area contributed by atoms with Gasteiger partial charge in [0.1, 0.15) is 0 Å². The number of amides is 1. The highest BCUT2D eigenvalue weighted by atomic mass is 32.2. The van der Waals surface area contributed by atoms with Crippen molar-refractivity contribution in [3.8, 4) is 0 Å². The Kier molecular flexibility index (Phi) is 3.23. The predicted molar refractivity (Wildman–Crippen MR) is 45.6 cm³/mol. The van der Waals surface area contributed by atoms with Crippen LogP contribution in [0.15, 0.2) is 0 Å². The third-order valence-electron chi connectivity index (χ3n) is 1.03. The highest BCUT2D eigenvalue weighted by Gasteiger charge is 2.21. The summed E-state index contributed by atoms with van der Waals surface area (Å²) in [6, 6.07) is 0. The molecule has 0 aliphatic carbocycles. The van der Waals surface area contributed by atoms with E-state index in [4.69, 9.17) is 0 Å². The minimum atomic E-state index is -3.36. The Morgan fingerprint density at radius 3 is 1.92 bits per heavy atom. The van der Waals surface area contributed by atoms with Gasteiger partial charge in [0.15, 0.2) is 0 Å². The third-order valence-corrected chi connectivity index (χ3v) is 1.50. The zero-order chi connectivity index (χ0) is 9.99. The number of hydrazine groups is 1. The summed E-state index contributed by atoms with van der Waals surface area (Å²) in [5.74, 6) is -0.368. The van der Waals surface area contributed by atoms with E-state index in [1.807, 2.05) is 4.83 Å². The Balaban J connectivity index is 4.07. The van der Waals surface area contributed by atoms with Gasteiger partial charge in [-0.2, -0.15) is 0 Å². The van der Waals surface area contributed by atoms with Gasteiger partial charge in [-0.1, -0.05) is 20.8 Å². The van der Waals surface area contributed by atoms with Crippen LogP contribution >= 0.6 is 0 Å². The molecule has 12 heavy (non-hydrogen) atoms. The van der Waals surface area contributed by atoms with E-state index in [1.165, 1.54) is 0 Å². The maximum atomic E-state index is 11.1. The van der Waals surface area contributed by atoms with Crippen LogP contribution in [0.4, 0.5) is 0 Å². The zero-order valence-corrected chi connectivity index (χ0v) is 8.45. The number of hydrogen-bond donors (Lipinski definition) is 2. The fourth-order valence-corrected chi connectivity index (χ4v) is 0.605. The number of sulfonamides is 1. The number of carbonyl (C=O) groups excluding carboxylic acids is 1. The number of rotatable bonds is 2. The van der Waals surface area contributed by atoms with Crippen LogP contribution in [0.25, 0.3) is 0 Å². The first-order valence-corrected chi connectivity index (χ1v) is 5.29. The Hall–Kier alpha value is -0.620. The van der Waals surface area contributed by atoms with Crippen LogP contribution in [0.3, 0.4) is 0 Å². The molecule has 1 amide bonds. The van der Waals surface area contributed by atoms with Crippen molar-refractivity contribution in [2.75, 3.05) is 6.26 Å². The lowest BCUT2D eigenvalue weighted by Gasteiger charge is -2.16. The van der Waals surface area contributed by atoms with E-state index in [9.17, 15) is 13.2 Å². The number of nitrogens with one attached hydrogen (secondary N) is 2. The van der Waals surface area contributed by atoms with Gasteiger partial charge in [0.2, 0.25) is 15.9 Å². The van der Waals surface area contributed by atoms with Crippen molar-refractivity contribution in [1.29, 1.82) is 0 Å². The van der Waals surface area contributed by atoms with Crippen molar-refractivity contribution in [1.82, 2.24) is 10.3 Å². The van der Waals surface area contributed by atoms with Crippen molar-refractivity contribution in [2.24, 2.45) is 5.41 Å². The lowest BCUT2D eigenvalue weighted by atomic mass is 9.96. The van der Waals surface area contributed by atoms with Crippen molar-refractivity contribution >= 4 is 15.9 Å². The second-order valence-corrected chi connectivity index (χ2v) is 5.33. The SMILES string of the molecule is CC(C)(C)C(=O)NNS(C)(=O)=O. The molecule has 0 aliphatic rings. The molecule has 0 radical (unpaired) electrons. The Bertz CT molecular complexity index is 263. The first-order chi connectivity index (χ1) is 5.13. The predicted octanol–water partition coefficient (Wildman–Crippen LogP) is -0.387. The molecule has 0 atom stereocenters. The van der Waals surface area contributed by atoms with Crippen LogP contribution in [0.5, 0.6) is 0 Å². The maximum absolute atomic E-state index is 11.1. The second-order valence-electron chi connectivity index (χ2n) is 3.58. The first kappa shape index (κ1) is 11.4. The molecule has 0 aromatic carbocycles. The molecular formula is C6H14N2O3S. The quantitative estimate of drug-likeness (QED) is 0.588. The molecule has 6 heteroatoms. The fraction of sp³-hybridized carbons (Fsp3) is 0.833. The summed E-state index contributed by atoms with van der Waals surface area (Å²) in [4.78, 5) is 13.0. The Labute approximate surface area is 72.6 Å². The molecule has 2 N–H and O–H groups in total. The normalized spacial score (nSPS) is 12.7. The van der Waals surface area contributed by atoms with Crippen molar-refractivity contribution in [3.63, 3.8) is 0 Å². The lowest BCUT2D eigenvalue weighted by molar-refractivity contribution is -0.129. The molecule has 0 aliphatic heterocycles. The van der Waals surface area contributed by atoms with Crippen LogP contribution in [0.2, 0.25) is 0 Å². The van der Waals surface area contributed by atoms with Gasteiger partial charge in [-0.3, -0.25) is 10.2 Å². The average Bonchev–Trinajstić information content (AvgIpc) is 1.78. The topological polar surface area (TPSA) is 75.3 Å². The molecule has 0 aromatic rings. The molecule has 5 nitrogen and oxygen atoms in total. The van der Waals surface area contributed by atoms with Gasteiger partial charge in [0.25, 0.3) is 0 Å². The standard InChI is InChI=1S/C6H14N2O3S/c1-6(2,3)5(9)7-8-12(4,10)11/h8H,1-4H3,(H,7,9). The molecule has 0 bridgehead atoms. The van der Waals surface area contributed by atoms with Crippen molar-refractivity contribution in [2.45, 2.75) is 20.8 Å². The van der Waals surface area contributed by atoms with E-state index in [1.54, 1.807) is 20.8 Å². The van der Waals surface area contributed by atoms with Crippen molar-refractivity contribution in [3.05, 3.63) is 0 Å². The van der Waals surface area contributed by atoms with Gasteiger partial charge >= 0.3 is 0 Å². The molecule has 0 saturated heterocycles. The van der Waals surface area contributed by atoms with Crippen molar-refractivity contribution < 1.29 is 13.2 Å². The van der Waals surface area contributed by atoms with Crippen LogP contribution in [0.1, 0.15) is 20.8 Å². The van der Waals surface area contributed by atoms with E-state index in [0.29, 0.717) is 0 Å². The molecule has 0 fully saturated rings. The van der Waals surface area contributed by atoms with Gasteiger partial charge in [-0.15, -0.1) is 4.83 Å². The molecule has 0 saturated carbocycles. The van der Waals surface area contributed by atoms with E-state index in [0.717, 1.165) is 6.26 Å². The van der Waals surface area contributed by atoms with Gasteiger partial charge < -0.3 is 0 Å².